The molecule has 0 unspecified atom stereocenters. The van der Waals surface area contributed by atoms with E-state index in [-0.39, 0.29) is 10.8 Å². The van der Waals surface area contributed by atoms with Gasteiger partial charge in [0.05, 0.1) is 17.4 Å². The summed E-state index contributed by atoms with van der Waals surface area (Å²) in [5, 5.41) is 2.69. The minimum atomic E-state index is -3.78. The third kappa shape index (κ3) is 3.00. The first-order chi connectivity index (χ1) is 9.29. The molecule has 2 aromatic rings. The second-order valence-corrected chi connectivity index (χ2v) is 6.82. The van der Waals surface area contributed by atoms with Crippen LogP contribution in [0.2, 0.25) is 0 Å². The summed E-state index contributed by atoms with van der Waals surface area (Å²) in [6.07, 6.45) is 2.97. The Bertz CT molecular complexity index is 768. The fourth-order valence-electron chi connectivity index (χ4n) is 1.69. The number of carbonyl (C=O) groups excluding carboxylic acids is 1. The Morgan fingerprint density at radius 1 is 1.40 bits per heavy atom. The molecule has 2 rings (SSSR count). The van der Waals surface area contributed by atoms with Crippen LogP contribution in [0.25, 0.3) is 0 Å². The Balaban J connectivity index is 2.27. The summed E-state index contributed by atoms with van der Waals surface area (Å²) >= 11 is 0. The van der Waals surface area contributed by atoms with Crippen molar-refractivity contribution < 1.29 is 13.2 Å². The molecule has 0 spiro atoms. The highest BCUT2D eigenvalue weighted by atomic mass is 35.7. The average Bonchev–Trinajstić information content (AvgIpc) is 2.76. The monoisotopic (exact) mass is 313 g/mol. The van der Waals surface area contributed by atoms with E-state index in [1.54, 1.807) is 18.5 Å². The Hall–Kier alpha value is -1.86. The number of hydrogen-bond donors (Lipinski definition) is 1. The Kier molecular flexibility index (Phi) is 3.82. The predicted molar refractivity (Wildman–Crippen MR) is 75.4 cm³/mol. The maximum atomic E-state index is 12.0. The summed E-state index contributed by atoms with van der Waals surface area (Å²) in [5.41, 5.74) is 1.51. The van der Waals surface area contributed by atoms with Gasteiger partial charge in [-0.2, -0.15) is 0 Å². The minimum absolute atomic E-state index is 0.00445. The highest BCUT2D eigenvalue weighted by Gasteiger charge is 2.14. The van der Waals surface area contributed by atoms with Crippen molar-refractivity contribution in [2.24, 2.45) is 7.05 Å². The maximum absolute atomic E-state index is 12.0. The summed E-state index contributed by atoms with van der Waals surface area (Å²) in [6.45, 7) is 1.68. The van der Waals surface area contributed by atoms with E-state index in [0.29, 0.717) is 16.9 Å². The zero-order valence-corrected chi connectivity index (χ0v) is 12.4. The molecule has 106 valence electrons. The highest BCUT2D eigenvalue weighted by Crippen LogP contribution is 2.22. The molecule has 1 N–H and O–H groups in total. The van der Waals surface area contributed by atoms with Crippen LogP contribution in [0.5, 0.6) is 0 Å². The number of benzene rings is 1. The molecule has 1 heterocycles. The lowest BCUT2D eigenvalue weighted by atomic mass is 10.2. The summed E-state index contributed by atoms with van der Waals surface area (Å²) in [6, 6.07) is 4.24. The molecule has 8 heteroatoms. The van der Waals surface area contributed by atoms with Gasteiger partial charge in [0.25, 0.3) is 15.0 Å². The molecule has 0 aliphatic heterocycles. The van der Waals surface area contributed by atoms with Crippen molar-refractivity contribution in [2.75, 3.05) is 5.32 Å². The summed E-state index contributed by atoms with van der Waals surface area (Å²) in [4.78, 5) is 15.9. The van der Waals surface area contributed by atoms with Gasteiger partial charge in [-0.15, -0.1) is 0 Å². The van der Waals surface area contributed by atoms with Gasteiger partial charge in [-0.1, -0.05) is 0 Å². The van der Waals surface area contributed by atoms with Crippen LogP contribution in [0.1, 0.15) is 16.1 Å². The number of rotatable bonds is 3. The molecule has 1 aromatic heterocycles. The lowest BCUT2D eigenvalue weighted by Gasteiger charge is -2.09. The lowest BCUT2D eigenvalue weighted by molar-refractivity contribution is 0.101. The first-order valence-corrected chi connectivity index (χ1v) is 7.93. The quantitative estimate of drug-likeness (QED) is 0.878. The largest absolute Gasteiger partial charge is 0.330 e. The molecule has 0 saturated carbocycles. The van der Waals surface area contributed by atoms with Crippen LogP contribution >= 0.6 is 10.7 Å². The van der Waals surface area contributed by atoms with Crippen molar-refractivity contribution in [1.82, 2.24) is 9.55 Å². The molecule has 0 radical (unpaired) electrons. The van der Waals surface area contributed by atoms with Crippen LogP contribution in [0.4, 0.5) is 5.69 Å². The Labute approximate surface area is 120 Å². The molecule has 0 atom stereocenters. The van der Waals surface area contributed by atoms with Crippen molar-refractivity contribution in [3.63, 3.8) is 0 Å². The summed E-state index contributed by atoms with van der Waals surface area (Å²) in [7, 11) is 3.20. The number of amides is 1. The number of nitrogens with zero attached hydrogens (tertiary/aromatic N) is 2. The van der Waals surface area contributed by atoms with E-state index in [0.717, 1.165) is 0 Å². The van der Waals surface area contributed by atoms with Gasteiger partial charge in [-0.3, -0.25) is 4.79 Å². The molecule has 1 amide bonds. The molecular formula is C12H12ClN3O3S. The van der Waals surface area contributed by atoms with E-state index in [2.05, 4.69) is 10.3 Å². The number of imidazole rings is 1. The number of aromatic nitrogens is 2. The van der Waals surface area contributed by atoms with Crippen molar-refractivity contribution in [1.29, 1.82) is 0 Å². The molecule has 0 saturated heterocycles. The first kappa shape index (κ1) is 14.5. The van der Waals surface area contributed by atoms with E-state index < -0.39 is 9.05 Å². The van der Waals surface area contributed by atoms with Crippen LogP contribution in [0.15, 0.2) is 35.6 Å². The van der Waals surface area contributed by atoms with E-state index in [1.165, 1.54) is 30.7 Å². The van der Waals surface area contributed by atoms with Gasteiger partial charge in [-0.05, 0) is 30.7 Å². The van der Waals surface area contributed by atoms with Crippen molar-refractivity contribution >= 4 is 31.3 Å². The van der Waals surface area contributed by atoms with Crippen LogP contribution in [0, 0.1) is 6.92 Å². The van der Waals surface area contributed by atoms with Gasteiger partial charge in [0.15, 0.2) is 0 Å². The Morgan fingerprint density at radius 2 is 2.10 bits per heavy atom. The van der Waals surface area contributed by atoms with Crippen LogP contribution in [0.3, 0.4) is 0 Å². The van der Waals surface area contributed by atoms with Crippen LogP contribution in [-0.4, -0.2) is 23.9 Å². The maximum Gasteiger partial charge on any atom is 0.273 e. The molecule has 0 fully saturated rings. The van der Waals surface area contributed by atoms with E-state index in [9.17, 15) is 13.2 Å². The normalized spacial score (nSPS) is 11.3. The lowest BCUT2D eigenvalue weighted by Crippen LogP contribution is -2.16. The number of anilines is 1. The molecule has 6 nitrogen and oxygen atoms in total. The van der Waals surface area contributed by atoms with E-state index in [1.807, 2.05) is 0 Å². The first-order valence-electron chi connectivity index (χ1n) is 5.62. The molecular weight excluding hydrogens is 302 g/mol. The molecule has 0 bridgehead atoms. The fourth-order valence-corrected chi connectivity index (χ4v) is 2.53. The van der Waals surface area contributed by atoms with Gasteiger partial charge in [0.2, 0.25) is 0 Å². The van der Waals surface area contributed by atoms with Gasteiger partial charge in [0, 0.05) is 23.4 Å². The van der Waals surface area contributed by atoms with Gasteiger partial charge in [-0.25, -0.2) is 13.4 Å². The number of nitrogens with one attached hydrogen (secondary N) is 1. The topological polar surface area (TPSA) is 81.1 Å². The highest BCUT2D eigenvalue weighted by molar-refractivity contribution is 8.13. The third-order valence-electron chi connectivity index (χ3n) is 2.78. The Morgan fingerprint density at radius 3 is 2.60 bits per heavy atom. The molecule has 0 aliphatic carbocycles. The number of aryl methyl sites for hydroxylation is 2. The zero-order chi connectivity index (χ0) is 14.9. The van der Waals surface area contributed by atoms with Crippen molar-refractivity contribution in [3.8, 4) is 0 Å². The number of carbonyl (C=O) groups is 1. The second-order valence-electron chi connectivity index (χ2n) is 4.26. The standard InChI is InChI=1S/C12H12ClN3O3S/c1-8-5-9(20(13,18)19)3-4-10(8)15-12(17)11-6-14-7-16(11)2/h3-7H,1-2H3,(H,15,17). The molecule has 20 heavy (non-hydrogen) atoms. The van der Waals surface area contributed by atoms with E-state index in [4.69, 9.17) is 10.7 Å². The molecule has 1 aromatic carbocycles. The third-order valence-corrected chi connectivity index (χ3v) is 4.13. The molecule has 0 aliphatic rings. The van der Waals surface area contributed by atoms with Crippen molar-refractivity contribution in [3.05, 3.63) is 42.0 Å². The number of halogens is 1. The predicted octanol–water partition coefficient (Wildman–Crippen LogP) is 1.91. The zero-order valence-electron chi connectivity index (χ0n) is 10.8. The van der Waals surface area contributed by atoms with Crippen LogP contribution in [-0.2, 0) is 16.1 Å². The van der Waals surface area contributed by atoms with Gasteiger partial charge < -0.3 is 9.88 Å². The van der Waals surface area contributed by atoms with E-state index >= 15 is 0 Å². The number of hydrogen-bond acceptors (Lipinski definition) is 4. The second kappa shape index (κ2) is 5.26. The fraction of sp³-hybridized carbons (Fsp3) is 0.167. The van der Waals surface area contributed by atoms with Gasteiger partial charge >= 0.3 is 0 Å². The van der Waals surface area contributed by atoms with Gasteiger partial charge in [0.1, 0.15) is 5.69 Å². The SMILES string of the molecule is Cc1cc(S(=O)(=O)Cl)ccc1NC(=O)c1cncn1C. The van der Waals surface area contributed by atoms with Crippen LogP contribution < -0.4 is 5.32 Å². The summed E-state index contributed by atoms with van der Waals surface area (Å²) in [5.74, 6) is -0.324. The summed E-state index contributed by atoms with van der Waals surface area (Å²) < 4.78 is 24.0. The average molecular weight is 314 g/mol. The minimum Gasteiger partial charge on any atom is -0.330 e. The van der Waals surface area contributed by atoms with Crippen molar-refractivity contribution in [2.45, 2.75) is 11.8 Å². The smallest absolute Gasteiger partial charge is 0.273 e.